The molecule has 4 saturated heterocycles. The lowest BCUT2D eigenvalue weighted by Gasteiger charge is -2.55. The van der Waals surface area contributed by atoms with Gasteiger partial charge in [0.25, 0.3) is 0 Å². The summed E-state index contributed by atoms with van der Waals surface area (Å²) >= 11 is 0. The summed E-state index contributed by atoms with van der Waals surface area (Å²) in [7, 11) is 5.30. The summed E-state index contributed by atoms with van der Waals surface area (Å²) in [5, 5.41) is 0. The standard InChI is InChI=1S/C18H30N6O3/c1-16(2)10-22(13(25)19(16)7)11-17(3,4)21(9)15(27)24(11)12-18(5,6)20(8)14(26)23(10)12/h10-12H,1-9H3. The molecule has 9 nitrogen and oxygen atoms in total. The van der Waals surface area contributed by atoms with Crippen molar-refractivity contribution in [2.24, 2.45) is 0 Å². The van der Waals surface area contributed by atoms with Gasteiger partial charge in [0.2, 0.25) is 0 Å². The van der Waals surface area contributed by atoms with Crippen LogP contribution in [0.4, 0.5) is 14.4 Å². The van der Waals surface area contributed by atoms with Crippen molar-refractivity contribution in [2.45, 2.75) is 76.7 Å². The van der Waals surface area contributed by atoms with Crippen molar-refractivity contribution >= 4 is 18.1 Å². The normalized spacial score (nSPS) is 35.9. The Balaban J connectivity index is 2.00. The number of hydrogen-bond donors (Lipinski definition) is 0. The Labute approximate surface area is 160 Å². The second-order valence-electron chi connectivity index (χ2n) is 9.83. The minimum Gasteiger partial charge on any atom is -0.318 e. The van der Waals surface area contributed by atoms with E-state index >= 15 is 0 Å². The van der Waals surface area contributed by atoms with Gasteiger partial charge in [0.05, 0.1) is 16.6 Å². The molecule has 9 heteroatoms. The molecule has 0 aromatic heterocycles. The molecule has 0 saturated carbocycles. The van der Waals surface area contributed by atoms with Crippen LogP contribution < -0.4 is 0 Å². The lowest BCUT2D eigenvalue weighted by molar-refractivity contribution is -0.119. The van der Waals surface area contributed by atoms with Crippen LogP contribution >= 0.6 is 0 Å². The van der Waals surface area contributed by atoms with Gasteiger partial charge < -0.3 is 14.7 Å². The van der Waals surface area contributed by atoms with Crippen molar-refractivity contribution in [1.82, 2.24) is 29.4 Å². The number of urea groups is 3. The number of fused-ring (bicyclic) bond motifs is 6. The fourth-order valence-corrected chi connectivity index (χ4v) is 5.25. The quantitative estimate of drug-likeness (QED) is 0.640. The fraction of sp³-hybridized carbons (Fsp3) is 0.833. The van der Waals surface area contributed by atoms with Crippen molar-refractivity contribution in [1.29, 1.82) is 0 Å². The molecule has 0 radical (unpaired) electrons. The van der Waals surface area contributed by atoms with Gasteiger partial charge in [-0.1, -0.05) is 0 Å². The first kappa shape index (κ1) is 18.2. The van der Waals surface area contributed by atoms with E-state index in [0.29, 0.717) is 0 Å². The van der Waals surface area contributed by atoms with Gasteiger partial charge in [-0.15, -0.1) is 0 Å². The van der Waals surface area contributed by atoms with Crippen LogP contribution in [-0.2, 0) is 0 Å². The minimum absolute atomic E-state index is 0.158. The summed E-state index contributed by atoms with van der Waals surface area (Å²) in [5.74, 6) is 0. The minimum atomic E-state index is -0.585. The first-order chi connectivity index (χ1) is 12.2. The maximum absolute atomic E-state index is 13.3. The number of amides is 6. The zero-order valence-corrected chi connectivity index (χ0v) is 17.6. The molecule has 4 rings (SSSR count). The molecule has 4 aliphatic heterocycles. The summed E-state index contributed by atoms with van der Waals surface area (Å²) in [6.45, 7) is 11.9. The highest BCUT2D eigenvalue weighted by molar-refractivity contribution is 5.88. The van der Waals surface area contributed by atoms with Crippen LogP contribution in [0.5, 0.6) is 0 Å². The van der Waals surface area contributed by atoms with E-state index in [4.69, 9.17) is 0 Å². The van der Waals surface area contributed by atoms with Gasteiger partial charge in [-0.25, -0.2) is 14.4 Å². The lowest BCUT2D eigenvalue weighted by atomic mass is 9.90. The van der Waals surface area contributed by atoms with Crippen LogP contribution in [0.2, 0.25) is 0 Å². The Bertz CT molecular complexity index is 650. The van der Waals surface area contributed by atoms with Gasteiger partial charge in [-0.3, -0.25) is 14.7 Å². The summed E-state index contributed by atoms with van der Waals surface area (Å²) < 4.78 is 0. The second-order valence-corrected chi connectivity index (χ2v) is 9.83. The SMILES string of the molecule is CN1C(=O)N2C(N3C(=O)N(C)C(C)(C)C3N3C(=O)N(C)C(C)(C)C23)C1(C)C. The number of carbonyl (C=O) groups excluding carboxylic acids is 3. The first-order valence-electron chi connectivity index (χ1n) is 9.38. The van der Waals surface area contributed by atoms with Crippen molar-refractivity contribution in [3.05, 3.63) is 0 Å². The van der Waals surface area contributed by atoms with Crippen molar-refractivity contribution in [3.8, 4) is 0 Å². The summed E-state index contributed by atoms with van der Waals surface area (Å²) in [6.07, 6.45) is -1.34. The van der Waals surface area contributed by atoms with Gasteiger partial charge in [0.15, 0.2) is 0 Å². The molecule has 0 aliphatic carbocycles. The van der Waals surface area contributed by atoms with Gasteiger partial charge in [-0.2, -0.15) is 0 Å². The van der Waals surface area contributed by atoms with Gasteiger partial charge in [0.1, 0.15) is 18.5 Å². The largest absolute Gasteiger partial charge is 0.323 e. The molecule has 0 spiro atoms. The monoisotopic (exact) mass is 378 g/mol. The van der Waals surface area contributed by atoms with Gasteiger partial charge in [-0.05, 0) is 41.5 Å². The molecular formula is C18H30N6O3. The summed E-state index contributed by atoms with van der Waals surface area (Å²) in [5.41, 5.74) is -1.75. The highest BCUT2D eigenvalue weighted by Crippen LogP contribution is 2.52. The Morgan fingerprint density at radius 2 is 0.704 bits per heavy atom. The highest BCUT2D eigenvalue weighted by atomic mass is 16.2. The Kier molecular flexibility index (Phi) is 3.11. The summed E-state index contributed by atoms with van der Waals surface area (Å²) in [6, 6.07) is -0.473. The van der Waals surface area contributed by atoms with Crippen LogP contribution in [0.3, 0.4) is 0 Å². The van der Waals surface area contributed by atoms with E-state index in [1.165, 1.54) is 0 Å². The summed E-state index contributed by atoms with van der Waals surface area (Å²) in [4.78, 5) is 50.1. The van der Waals surface area contributed by atoms with E-state index in [1.54, 1.807) is 50.5 Å². The highest BCUT2D eigenvalue weighted by Gasteiger charge is 2.73. The van der Waals surface area contributed by atoms with E-state index in [0.717, 1.165) is 0 Å². The molecule has 27 heavy (non-hydrogen) atoms. The number of nitrogens with zero attached hydrogens (tertiary/aromatic N) is 6. The Hall–Kier alpha value is -2.19. The van der Waals surface area contributed by atoms with E-state index in [-0.39, 0.29) is 18.1 Å². The van der Waals surface area contributed by atoms with Crippen LogP contribution in [-0.4, -0.2) is 104 Å². The van der Waals surface area contributed by atoms with Crippen LogP contribution in [0.15, 0.2) is 0 Å². The number of likely N-dealkylation sites (N-methyl/N-ethyl adjacent to an activating group) is 3. The maximum atomic E-state index is 13.3. The molecule has 0 aromatic carbocycles. The first-order valence-corrected chi connectivity index (χ1v) is 9.38. The molecule has 4 aliphatic rings. The second kappa shape index (κ2) is 4.62. The van der Waals surface area contributed by atoms with Crippen molar-refractivity contribution < 1.29 is 14.4 Å². The zero-order valence-electron chi connectivity index (χ0n) is 17.6. The molecule has 0 N–H and O–H groups in total. The third-order valence-electron chi connectivity index (χ3n) is 7.59. The van der Waals surface area contributed by atoms with Gasteiger partial charge >= 0.3 is 18.1 Å². The zero-order chi connectivity index (χ0) is 20.4. The molecule has 0 unspecified atom stereocenters. The average molecular weight is 378 g/mol. The van der Waals surface area contributed by atoms with E-state index < -0.39 is 35.1 Å². The Morgan fingerprint density at radius 1 is 0.519 bits per heavy atom. The van der Waals surface area contributed by atoms with Crippen molar-refractivity contribution in [3.63, 3.8) is 0 Å². The molecule has 4 heterocycles. The van der Waals surface area contributed by atoms with Crippen LogP contribution in [0.1, 0.15) is 41.5 Å². The molecule has 6 amide bonds. The molecule has 150 valence electrons. The van der Waals surface area contributed by atoms with E-state index in [9.17, 15) is 14.4 Å². The fourth-order valence-electron chi connectivity index (χ4n) is 5.25. The lowest BCUT2D eigenvalue weighted by Crippen LogP contribution is -2.75. The average Bonchev–Trinajstić information content (AvgIpc) is 2.96. The number of carbonyl (C=O) groups is 3. The molecule has 4 fully saturated rings. The maximum Gasteiger partial charge on any atom is 0.323 e. The molecular weight excluding hydrogens is 348 g/mol. The smallest absolute Gasteiger partial charge is 0.318 e. The molecule has 0 atom stereocenters. The number of hydrogen-bond acceptors (Lipinski definition) is 3. The van der Waals surface area contributed by atoms with Crippen molar-refractivity contribution in [2.75, 3.05) is 21.1 Å². The Morgan fingerprint density at radius 3 is 0.889 bits per heavy atom. The number of rotatable bonds is 0. The van der Waals surface area contributed by atoms with Gasteiger partial charge in [0, 0.05) is 21.1 Å². The van der Waals surface area contributed by atoms with Crippen LogP contribution in [0.25, 0.3) is 0 Å². The van der Waals surface area contributed by atoms with E-state index in [2.05, 4.69) is 0 Å². The van der Waals surface area contributed by atoms with Crippen LogP contribution in [0, 0.1) is 0 Å². The third kappa shape index (κ3) is 1.69. The predicted molar refractivity (Wildman–Crippen MR) is 98.6 cm³/mol. The molecule has 0 bridgehead atoms. The molecule has 0 aromatic rings. The topological polar surface area (TPSA) is 70.7 Å². The van der Waals surface area contributed by atoms with E-state index in [1.807, 2.05) is 41.5 Å². The third-order valence-corrected chi connectivity index (χ3v) is 7.59. The predicted octanol–water partition coefficient (Wildman–Crippen LogP) is 1.42.